The van der Waals surface area contributed by atoms with E-state index in [1.807, 2.05) is 66.7 Å². The summed E-state index contributed by atoms with van der Waals surface area (Å²) in [6.45, 7) is 2.17. The van der Waals surface area contributed by atoms with Crippen LogP contribution >= 0.6 is 11.8 Å². The first-order valence-corrected chi connectivity index (χ1v) is 15.1. The summed E-state index contributed by atoms with van der Waals surface area (Å²) in [6.07, 6.45) is -0.692. The van der Waals surface area contributed by atoms with Crippen LogP contribution in [0.15, 0.2) is 78.9 Å². The summed E-state index contributed by atoms with van der Waals surface area (Å²) in [5.41, 5.74) is 4.05. The Morgan fingerprint density at radius 1 is 0.929 bits per heavy atom. The molecule has 1 fully saturated rings. The van der Waals surface area contributed by atoms with Gasteiger partial charge in [-0.3, -0.25) is 0 Å². The molecular formula is C32H38N2O7S. The van der Waals surface area contributed by atoms with Crippen molar-refractivity contribution in [3.8, 4) is 0 Å². The van der Waals surface area contributed by atoms with E-state index in [4.69, 9.17) is 14.2 Å². The largest absolute Gasteiger partial charge is 0.467 e. The number of hydrogen-bond donors (Lipinski definition) is 4. The molecule has 5 atom stereocenters. The molecule has 9 nitrogen and oxygen atoms in total. The number of aliphatic hydroxyl groups is 2. The lowest BCUT2D eigenvalue weighted by atomic mass is 9.91. The second-order valence-electron chi connectivity index (χ2n) is 10.1. The Bertz CT molecular complexity index is 1270. The fourth-order valence-corrected chi connectivity index (χ4v) is 5.72. The van der Waals surface area contributed by atoms with Crippen LogP contribution in [-0.4, -0.2) is 59.6 Å². The lowest BCUT2D eigenvalue weighted by Crippen LogP contribution is -2.45. The van der Waals surface area contributed by atoms with Crippen LogP contribution in [0.1, 0.15) is 41.6 Å². The number of benzene rings is 3. The van der Waals surface area contributed by atoms with E-state index in [1.54, 1.807) is 23.9 Å². The van der Waals surface area contributed by atoms with E-state index >= 15 is 0 Å². The summed E-state index contributed by atoms with van der Waals surface area (Å²) in [6, 6.07) is 22.9. The highest BCUT2D eigenvalue weighted by atomic mass is 32.2. The van der Waals surface area contributed by atoms with Crippen LogP contribution in [0.3, 0.4) is 0 Å². The molecule has 1 aliphatic heterocycles. The third-order valence-electron chi connectivity index (χ3n) is 7.16. The minimum absolute atomic E-state index is 0.0255. The molecule has 4 N–H and O–H groups in total. The van der Waals surface area contributed by atoms with Gasteiger partial charge >= 0.3 is 12.0 Å². The lowest BCUT2D eigenvalue weighted by Gasteiger charge is -2.41. The van der Waals surface area contributed by atoms with Gasteiger partial charge in [0.05, 0.1) is 32.5 Å². The molecule has 3 aromatic carbocycles. The summed E-state index contributed by atoms with van der Waals surface area (Å²) in [4.78, 5) is 25.1. The number of esters is 1. The molecule has 0 unspecified atom stereocenters. The van der Waals surface area contributed by atoms with Gasteiger partial charge in [0, 0.05) is 35.1 Å². The third-order valence-corrected chi connectivity index (χ3v) is 8.19. The van der Waals surface area contributed by atoms with Crippen molar-refractivity contribution in [1.29, 1.82) is 0 Å². The topological polar surface area (TPSA) is 126 Å². The summed E-state index contributed by atoms with van der Waals surface area (Å²) in [7, 11) is 1.29. The molecule has 2 amide bonds. The van der Waals surface area contributed by atoms with Crippen LogP contribution in [0.25, 0.3) is 0 Å². The van der Waals surface area contributed by atoms with Crippen molar-refractivity contribution < 1.29 is 34.0 Å². The molecule has 10 heteroatoms. The lowest BCUT2D eigenvalue weighted by molar-refractivity contribution is -0.268. The fourth-order valence-electron chi connectivity index (χ4n) is 4.81. The average molecular weight is 595 g/mol. The van der Waals surface area contributed by atoms with Gasteiger partial charge in [-0.1, -0.05) is 73.7 Å². The molecule has 1 saturated heterocycles. The van der Waals surface area contributed by atoms with E-state index in [1.165, 1.54) is 7.11 Å². The monoisotopic (exact) mass is 594 g/mol. The smallest absolute Gasteiger partial charge is 0.328 e. The molecule has 0 saturated carbocycles. The summed E-state index contributed by atoms with van der Waals surface area (Å²) in [5, 5.41) is 24.2. The van der Waals surface area contributed by atoms with Gasteiger partial charge in [-0.05, 0) is 28.8 Å². The molecule has 0 bridgehead atoms. The zero-order valence-corrected chi connectivity index (χ0v) is 24.6. The maximum absolute atomic E-state index is 12.8. The van der Waals surface area contributed by atoms with Gasteiger partial charge in [0.1, 0.15) is 6.04 Å². The van der Waals surface area contributed by atoms with Gasteiger partial charge < -0.3 is 35.1 Å². The Labute approximate surface area is 250 Å². The molecular weight excluding hydrogens is 556 g/mol. The molecule has 42 heavy (non-hydrogen) atoms. The number of methoxy groups -OCH3 is 1. The van der Waals surface area contributed by atoms with E-state index in [0.29, 0.717) is 23.6 Å². The predicted octanol–water partition coefficient (Wildman–Crippen LogP) is 4.60. The minimum Gasteiger partial charge on any atom is -0.467 e. The molecule has 3 aromatic rings. The van der Waals surface area contributed by atoms with Crippen LogP contribution in [-0.2, 0) is 32.0 Å². The van der Waals surface area contributed by atoms with Crippen LogP contribution in [0.4, 0.5) is 10.5 Å². The Balaban J connectivity index is 1.44. The zero-order valence-electron chi connectivity index (χ0n) is 23.8. The highest BCUT2D eigenvalue weighted by Gasteiger charge is 2.38. The predicted molar refractivity (Wildman–Crippen MR) is 162 cm³/mol. The number of amides is 2. The summed E-state index contributed by atoms with van der Waals surface area (Å²) >= 11 is 1.63. The van der Waals surface area contributed by atoms with Gasteiger partial charge in [0.25, 0.3) is 0 Å². The van der Waals surface area contributed by atoms with Crippen molar-refractivity contribution >= 4 is 29.4 Å². The normalized spacial score (nSPS) is 20.9. The van der Waals surface area contributed by atoms with Crippen LogP contribution in [0.2, 0.25) is 0 Å². The van der Waals surface area contributed by atoms with Crippen molar-refractivity contribution in [2.45, 2.75) is 44.5 Å². The van der Waals surface area contributed by atoms with Crippen LogP contribution < -0.4 is 10.6 Å². The number of hydrogen-bond acceptors (Lipinski definition) is 8. The summed E-state index contributed by atoms with van der Waals surface area (Å²) < 4.78 is 17.7. The molecule has 1 aliphatic rings. The molecule has 0 aliphatic carbocycles. The zero-order chi connectivity index (χ0) is 29.9. The Morgan fingerprint density at radius 3 is 2.26 bits per heavy atom. The number of carbonyl (C=O) groups is 2. The van der Waals surface area contributed by atoms with Gasteiger partial charge in [0.2, 0.25) is 0 Å². The van der Waals surface area contributed by atoms with Gasteiger partial charge in [-0.25, -0.2) is 9.59 Å². The number of ether oxygens (including phenoxy) is 3. The highest BCUT2D eigenvalue weighted by molar-refractivity contribution is 7.99. The van der Waals surface area contributed by atoms with Crippen molar-refractivity contribution in [2.24, 2.45) is 5.92 Å². The second kappa shape index (κ2) is 15.7. The number of aliphatic hydroxyl groups excluding tert-OH is 2. The number of anilines is 1. The quantitative estimate of drug-likeness (QED) is 0.177. The first kappa shape index (κ1) is 31.5. The Hall–Kier alpha value is -3.41. The number of rotatable bonds is 12. The molecule has 224 valence electrons. The number of urea groups is 1. The SMILES string of the molecule is COC(=O)[C@H](Cc1ccccc1)NC(=O)Nc1ccc([C@@H]2O[C@H](CSCCO)[C@H](C)[C@H](c3ccc(CO)cc3)O2)cc1. The first-order chi connectivity index (χ1) is 20.4. The number of carbonyl (C=O) groups excluding carboxylic acids is 2. The van der Waals surface area contributed by atoms with Gasteiger partial charge in [-0.2, -0.15) is 11.8 Å². The van der Waals surface area contributed by atoms with Crippen molar-refractivity contribution in [3.63, 3.8) is 0 Å². The van der Waals surface area contributed by atoms with Gasteiger partial charge in [-0.15, -0.1) is 0 Å². The highest BCUT2D eigenvalue weighted by Crippen LogP contribution is 2.42. The van der Waals surface area contributed by atoms with E-state index in [0.717, 1.165) is 22.3 Å². The van der Waals surface area contributed by atoms with E-state index in [2.05, 4.69) is 17.6 Å². The van der Waals surface area contributed by atoms with Gasteiger partial charge in [0.15, 0.2) is 6.29 Å². The van der Waals surface area contributed by atoms with Crippen molar-refractivity contribution in [1.82, 2.24) is 5.32 Å². The second-order valence-corrected chi connectivity index (χ2v) is 11.3. The van der Waals surface area contributed by atoms with E-state index < -0.39 is 24.3 Å². The maximum Gasteiger partial charge on any atom is 0.328 e. The van der Waals surface area contributed by atoms with E-state index in [-0.39, 0.29) is 31.3 Å². The van der Waals surface area contributed by atoms with Crippen molar-refractivity contribution in [2.75, 3.05) is 30.5 Å². The number of nitrogens with one attached hydrogen (secondary N) is 2. The van der Waals surface area contributed by atoms with Crippen LogP contribution in [0.5, 0.6) is 0 Å². The van der Waals surface area contributed by atoms with E-state index in [9.17, 15) is 19.8 Å². The summed E-state index contributed by atoms with van der Waals surface area (Å²) in [5.74, 6) is 0.850. The maximum atomic E-state index is 12.8. The standard InChI is InChI=1S/C32H38N2O7S/c1-21-28(20-42-17-16-35)40-31(41-29(21)24-10-8-23(19-36)9-11-24)25-12-14-26(15-13-25)33-32(38)34-27(30(37)39-2)18-22-6-4-3-5-7-22/h3-15,21,27-29,31,35-36H,16-20H2,1-2H3,(H2,33,34,38)/t21-,27-,28+,29+,31+/m0/s1. The molecule has 1 heterocycles. The average Bonchev–Trinajstić information content (AvgIpc) is 3.02. The first-order valence-electron chi connectivity index (χ1n) is 13.9. The molecule has 0 radical (unpaired) electrons. The van der Waals surface area contributed by atoms with Crippen LogP contribution in [0, 0.1) is 5.92 Å². The number of thioether (sulfide) groups is 1. The Kier molecular flexibility index (Phi) is 11.8. The fraction of sp³-hybridized carbons (Fsp3) is 0.375. The molecule has 0 aromatic heterocycles. The minimum atomic E-state index is -0.841. The molecule has 0 spiro atoms. The Morgan fingerprint density at radius 2 is 1.62 bits per heavy atom. The molecule has 4 rings (SSSR count). The van der Waals surface area contributed by atoms with Crippen molar-refractivity contribution in [3.05, 3.63) is 101 Å². The third kappa shape index (κ3) is 8.56.